The first-order chi connectivity index (χ1) is 11.2. The predicted octanol–water partition coefficient (Wildman–Crippen LogP) is 2.93. The highest BCUT2D eigenvalue weighted by atomic mass is 127. The molecule has 6 heteroatoms. The first-order valence-corrected chi connectivity index (χ1v) is 8.46. The summed E-state index contributed by atoms with van der Waals surface area (Å²) in [5, 5.41) is 3.35. The number of benzene rings is 1. The molecule has 0 aliphatic carbocycles. The van der Waals surface area contributed by atoms with Crippen molar-refractivity contribution in [2.24, 2.45) is 10.9 Å². The van der Waals surface area contributed by atoms with E-state index in [0.717, 1.165) is 50.0 Å². The van der Waals surface area contributed by atoms with E-state index in [2.05, 4.69) is 42.2 Å². The molecule has 1 aliphatic heterocycles. The maximum absolute atomic E-state index is 5.81. The van der Waals surface area contributed by atoms with Crippen LogP contribution in [-0.4, -0.2) is 57.4 Å². The zero-order valence-electron chi connectivity index (χ0n) is 15.0. The molecule has 24 heavy (non-hydrogen) atoms. The van der Waals surface area contributed by atoms with E-state index >= 15 is 0 Å². The van der Waals surface area contributed by atoms with Gasteiger partial charge in [0.05, 0.1) is 13.2 Å². The van der Waals surface area contributed by atoms with Crippen molar-refractivity contribution < 1.29 is 9.47 Å². The third-order valence-electron chi connectivity index (χ3n) is 3.96. The van der Waals surface area contributed by atoms with Crippen LogP contribution in [0, 0.1) is 12.8 Å². The summed E-state index contributed by atoms with van der Waals surface area (Å²) in [6.45, 7) is 8.96. The lowest BCUT2D eigenvalue weighted by atomic mass is 10.1. The smallest absolute Gasteiger partial charge is 0.193 e. The fourth-order valence-corrected chi connectivity index (χ4v) is 2.70. The summed E-state index contributed by atoms with van der Waals surface area (Å²) in [7, 11) is 2.09. The lowest BCUT2D eigenvalue weighted by Crippen LogP contribution is -2.41. The number of rotatable bonds is 7. The van der Waals surface area contributed by atoms with Gasteiger partial charge in [-0.3, -0.25) is 0 Å². The molecule has 1 unspecified atom stereocenters. The van der Waals surface area contributed by atoms with Crippen molar-refractivity contribution in [3.63, 3.8) is 0 Å². The Labute approximate surface area is 162 Å². The van der Waals surface area contributed by atoms with Crippen molar-refractivity contribution in [1.29, 1.82) is 0 Å². The highest BCUT2D eigenvalue weighted by Crippen LogP contribution is 2.16. The molecule has 0 spiro atoms. The van der Waals surface area contributed by atoms with Crippen molar-refractivity contribution >= 4 is 29.9 Å². The van der Waals surface area contributed by atoms with Crippen LogP contribution in [0.4, 0.5) is 0 Å². The van der Waals surface area contributed by atoms with Crippen molar-refractivity contribution in [3.05, 3.63) is 29.8 Å². The monoisotopic (exact) mass is 447 g/mol. The zero-order chi connectivity index (χ0) is 16.5. The summed E-state index contributed by atoms with van der Waals surface area (Å²) in [4.78, 5) is 6.86. The molecule has 5 nitrogen and oxygen atoms in total. The molecule has 1 N–H and O–H groups in total. The number of para-hydroxylation sites is 1. The van der Waals surface area contributed by atoms with Crippen LogP contribution in [0.15, 0.2) is 29.3 Å². The molecule has 1 fully saturated rings. The Bertz CT molecular complexity index is 505. The van der Waals surface area contributed by atoms with E-state index in [1.165, 1.54) is 0 Å². The maximum Gasteiger partial charge on any atom is 0.193 e. The minimum Gasteiger partial charge on any atom is -0.491 e. The maximum atomic E-state index is 5.81. The number of guanidine groups is 1. The van der Waals surface area contributed by atoms with Crippen LogP contribution in [0.25, 0.3) is 0 Å². The highest BCUT2D eigenvalue weighted by molar-refractivity contribution is 14.0. The largest absolute Gasteiger partial charge is 0.491 e. The molecule has 1 heterocycles. The number of nitrogens with zero attached hydrogens (tertiary/aromatic N) is 2. The molecular formula is C18H30IN3O2. The molecule has 136 valence electrons. The molecule has 0 amide bonds. The second kappa shape index (κ2) is 11.5. The van der Waals surface area contributed by atoms with Crippen molar-refractivity contribution in [1.82, 2.24) is 10.2 Å². The third kappa shape index (κ3) is 6.84. The number of ether oxygens (including phenoxy) is 2. The van der Waals surface area contributed by atoms with Crippen LogP contribution in [0.2, 0.25) is 0 Å². The first-order valence-electron chi connectivity index (χ1n) is 8.46. The number of hydrogen-bond donors (Lipinski definition) is 1. The Morgan fingerprint density at radius 1 is 1.42 bits per heavy atom. The molecule has 1 aromatic carbocycles. The summed E-state index contributed by atoms with van der Waals surface area (Å²) >= 11 is 0. The number of aliphatic imine (C=N–C) groups is 1. The fourth-order valence-electron chi connectivity index (χ4n) is 2.70. The normalized spacial score (nSPS) is 17.3. The van der Waals surface area contributed by atoms with Crippen LogP contribution in [0.3, 0.4) is 0 Å². The van der Waals surface area contributed by atoms with Gasteiger partial charge in [-0.15, -0.1) is 24.0 Å². The Hall–Kier alpha value is -1.02. The van der Waals surface area contributed by atoms with Gasteiger partial charge in [-0.25, -0.2) is 4.99 Å². The molecule has 2 rings (SSSR count). The van der Waals surface area contributed by atoms with E-state index in [4.69, 9.17) is 9.47 Å². The molecular weight excluding hydrogens is 417 g/mol. The van der Waals surface area contributed by atoms with Gasteiger partial charge in [0.2, 0.25) is 0 Å². The molecule has 0 saturated carbocycles. The quantitative estimate of drug-likeness (QED) is 0.302. The molecule has 0 radical (unpaired) electrons. The van der Waals surface area contributed by atoms with Gasteiger partial charge in [-0.2, -0.15) is 0 Å². The molecule has 0 aromatic heterocycles. The molecule has 1 atom stereocenters. The van der Waals surface area contributed by atoms with Gasteiger partial charge < -0.3 is 19.7 Å². The summed E-state index contributed by atoms with van der Waals surface area (Å²) in [6, 6.07) is 8.06. The summed E-state index contributed by atoms with van der Waals surface area (Å²) in [5.74, 6) is 2.48. The molecule has 1 aromatic rings. The zero-order valence-corrected chi connectivity index (χ0v) is 17.3. The van der Waals surface area contributed by atoms with Crippen molar-refractivity contribution in [2.75, 3.05) is 46.5 Å². The van der Waals surface area contributed by atoms with Crippen LogP contribution in [0.5, 0.6) is 5.75 Å². The highest BCUT2D eigenvalue weighted by Gasteiger charge is 2.18. The van der Waals surface area contributed by atoms with Gasteiger partial charge in [0.25, 0.3) is 0 Å². The molecule has 0 bridgehead atoms. The predicted molar refractivity (Wildman–Crippen MR) is 110 cm³/mol. The topological polar surface area (TPSA) is 46.1 Å². The van der Waals surface area contributed by atoms with Gasteiger partial charge >= 0.3 is 0 Å². The number of hydrogen-bond acceptors (Lipinski definition) is 3. The Morgan fingerprint density at radius 2 is 2.21 bits per heavy atom. The van der Waals surface area contributed by atoms with Crippen LogP contribution in [-0.2, 0) is 4.74 Å². The van der Waals surface area contributed by atoms with Crippen LogP contribution in [0.1, 0.15) is 18.9 Å². The van der Waals surface area contributed by atoms with Crippen LogP contribution >= 0.6 is 24.0 Å². The number of aryl methyl sites for hydroxylation is 1. The third-order valence-corrected chi connectivity index (χ3v) is 3.96. The van der Waals surface area contributed by atoms with Gasteiger partial charge in [-0.1, -0.05) is 18.2 Å². The Balaban J connectivity index is 0.00000288. The minimum absolute atomic E-state index is 0. The minimum atomic E-state index is 0. The molecule has 1 saturated heterocycles. The average molecular weight is 447 g/mol. The van der Waals surface area contributed by atoms with E-state index in [1.807, 2.05) is 18.2 Å². The van der Waals surface area contributed by atoms with Gasteiger partial charge in [-0.05, 0) is 31.9 Å². The first kappa shape index (κ1) is 21.0. The standard InChI is InChI=1S/C18H29N3O2.HI/c1-4-19-18(21(3)13-16-9-11-22-14-16)20-10-12-23-17-8-6-5-7-15(17)2;/h5-8,16H,4,9-14H2,1-3H3,(H,19,20);1H. The van der Waals surface area contributed by atoms with E-state index in [9.17, 15) is 0 Å². The van der Waals surface area contributed by atoms with Gasteiger partial charge in [0.15, 0.2) is 5.96 Å². The second-order valence-electron chi connectivity index (χ2n) is 5.96. The van der Waals surface area contributed by atoms with Gasteiger partial charge in [0.1, 0.15) is 12.4 Å². The summed E-state index contributed by atoms with van der Waals surface area (Å²) in [6.07, 6.45) is 1.14. The lowest BCUT2D eigenvalue weighted by molar-refractivity contribution is 0.181. The van der Waals surface area contributed by atoms with Crippen LogP contribution < -0.4 is 10.1 Å². The number of halogens is 1. The van der Waals surface area contributed by atoms with Crippen molar-refractivity contribution in [3.8, 4) is 5.75 Å². The Morgan fingerprint density at radius 3 is 2.88 bits per heavy atom. The Kier molecular flexibility index (Phi) is 10.1. The lowest BCUT2D eigenvalue weighted by Gasteiger charge is -2.24. The van der Waals surface area contributed by atoms with E-state index < -0.39 is 0 Å². The number of nitrogens with one attached hydrogen (secondary N) is 1. The summed E-state index contributed by atoms with van der Waals surface area (Å²) < 4.78 is 11.3. The fraction of sp³-hybridized carbons (Fsp3) is 0.611. The SMILES string of the molecule is CCNC(=NCCOc1ccccc1C)N(C)CC1CCOC1.I. The summed E-state index contributed by atoms with van der Waals surface area (Å²) in [5.41, 5.74) is 1.15. The van der Waals surface area contributed by atoms with Gasteiger partial charge in [0, 0.05) is 32.7 Å². The second-order valence-corrected chi connectivity index (χ2v) is 5.96. The molecule has 1 aliphatic rings. The van der Waals surface area contributed by atoms with Crippen molar-refractivity contribution in [2.45, 2.75) is 20.3 Å². The van der Waals surface area contributed by atoms with E-state index in [1.54, 1.807) is 0 Å². The van der Waals surface area contributed by atoms with E-state index in [0.29, 0.717) is 19.1 Å². The average Bonchev–Trinajstić information content (AvgIpc) is 3.05. The van der Waals surface area contributed by atoms with E-state index in [-0.39, 0.29) is 24.0 Å².